The third-order valence-corrected chi connectivity index (χ3v) is 5.58. The molecule has 0 fully saturated rings. The lowest BCUT2D eigenvalue weighted by Crippen LogP contribution is -2.22. The van der Waals surface area contributed by atoms with E-state index in [2.05, 4.69) is 10.3 Å². The van der Waals surface area contributed by atoms with E-state index < -0.39 is 12.6 Å². The average molecular weight is 485 g/mol. The molecule has 1 aromatic carbocycles. The molecule has 2 heterocycles. The summed E-state index contributed by atoms with van der Waals surface area (Å²) in [6.45, 7) is 0. The third-order valence-electron chi connectivity index (χ3n) is 5.33. The largest absolute Gasteiger partial charge is 0.393 e. The first-order valence-electron chi connectivity index (χ1n) is 10.4. The summed E-state index contributed by atoms with van der Waals surface area (Å²) >= 11 is 6.02. The van der Waals surface area contributed by atoms with E-state index in [0.29, 0.717) is 38.5 Å². The van der Waals surface area contributed by atoms with Crippen LogP contribution in [-0.4, -0.2) is 28.5 Å². The second kappa shape index (κ2) is 9.30. The van der Waals surface area contributed by atoms with Gasteiger partial charge in [0.15, 0.2) is 0 Å². The van der Waals surface area contributed by atoms with Gasteiger partial charge >= 0.3 is 6.18 Å². The predicted molar refractivity (Wildman–Crippen MR) is 129 cm³/mol. The van der Waals surface area contributed by atoms with Gasteiger partial charge < -0.3 is 10.7 Å². The van der Waals surface area contributed by atoms with Crippen LogP contribution in [0.4, 0.5) is 13.2 Å². The molecule has 0 radical (unpaired) electrons. The highest BCUT2D eigenvalue weighted by molar-refractivity contribution is 6.30. The van der Waals surface area contributed by atoms with Crippen LogP contribution in [0.2, 0.25) is 5.02 Å². The van der Waals surface area contributed by atoms with Gasteiger partial charge in [-0.15, -0.1) is 0 Å². The second-order valence-electron chi connectivity index (χ2n) is 7.75. The first-order chi connectivity index (χ1) is 16.2. The number of hydrogen-bond donors (Lipinski definition) is 2. The Morgan fingerprint density at radius 2 is 1.88 bits per heavy atom. The van der Waals surface area contributed by atoms with Gasteiger partial charge in [-0.05, 0) is 54.5 Å². The summed E-state index contributed by atoms with van der Waals surface area (Å²) in [7, 11) is 1.72. The number of aromatic nitrogens is 2. The maximum absolute atomic E-state index is 13.7. The number of rotatable bonds is 5. The number of pyridine rings is 2. The van der Waals surface area contributed by atoms with Crippen molar-refractivity contribution in [3.8, 4) is 11.1 Å². The molecule has 2 N–H and O–H groups in total. The monoisotopic (exact) mass is 484 g/mol. The number of aryl methyl sites for hydroxylation is 1. The van der Waals surface area contributed by atoms with E-state index in [1.165, 1.54) is 4.57 Å². The molecule has 4 rings (SSSR count). The minimum atomic E-state index is -4.30. The summed E-state index contributed by atoms with van der Waals surface area (Å²) in [5, 5.41) is 12.0. The number of fused-ring (bicyclic) bond motifs is 1. The second-order valence-corrected chi connectivity index (χ2v) is 8.18. The zero-order chi connectivity index (χ0) is 24.5. The fourth-order valence-corrected chi connectivity index (χ4v) is 3.81. The smallest absolute Gasteiger partial charge is 0.389 e. The molecule has 0 bridgehead atoms. The Morgan fingerprint density at radius 3 is 2.56 bits per heavy atom. The lowest BCUT2D eigenvalue weighted by atomic mass is 10.0. The van der Waals surface area contributed by atoms with Crippen LogP contribution in [-0.2, 0) is 6.42 Å². The molecule has 34 heavy (non-hydrogen) atoms. The minimum absolute atomic E-state index is 0.252. The molecule has 0 spiro atoms. The SMILES string of the molecule is CN/C=C1/C=C(n2cc3ccc(CCC(F)(F)F)nc3c(-c3ccc(Cl)cc3)c2=O)C=CC1=N. The molecule has 9 heteroatoms. The third kappa shape index (κ3) is 4.97. The Bertz CT molecular complexity index is 1420. The van der Waals surface area contributed by atoms with Gasteiger partial charge in [-0.25, -0.2) is 0 Å². The first kappa shape index (κ1) is 23.5. The number of nitrogens with one attached hydrogen (secondary N) is 2. The highest BCUT2D eigenvalue weighted by Crippen LogP contribution is 2.29. The number of halogens is 4. The quantitative estimate of drug-likeness (QED) is 0.484. The first-order valence-corrected chi connectivity index (χ1v) is 10.8. The van der Waals surface area contributed by atoms with Crippen LogP contribution in [0.15, 0.2) is 77.4 Å². The van der Waals surface area contributed by atoms with Crippen molar-refractivity contribution in [1.29, 1.82) is 5.41 Å². The maximum atomic E-state index is 13.7. The van der Waals surface area contributed by atoms with E-state index in [-0.39, 0.29) is 23.2 Å². The zero-order valence-corrected chi connectivity index (χ0v) is 18.8. The van der Waals surface area contributed by atoms with Crippen LogP contribution in [0.5, 0.6) is 0 Å². The molecule has 2 aromatic heterocycles. The molecule has 5 nitrogen and oxygen atoms in total. The number of benzene rings is 1. The Labute approximate surface area is 198 Å². The topological polar surface area (TPSA) is 70.8 Å². The van der Waals surface area contributed by atoms with Crippen molar-refractivity contribution in [2.45, 2.75) is 19.0 Å². The van der Waals surface area contributed by atoms with Gasteiger partial charge in [0.2, 0.25) is 0 Å². The van der Waals surface area contributed by atoms with Gasteiger partial charge in [0.25, 0.3) is 5.56 Å². The van der Waals surface area contributed by atoms with Crippen molar-refractivity contribution in [2.75, 3.05) is 7.05 Å². The summed E-state index contributed by atoms with van der Waals surface area (Å²) in [6, 6.07) is 9.86. The highest BCUT2D eigenvalue weighted by atomic mass is 35.5. The summed E-state index contributed by atoms with van der Waals surface area (Å²) in [6.07, 6.45) is 2.66. The number of allylic oxidation sites excluding steroid dienone is 5. The molecule has 1 aliphatic carbocycles. The van der Waals surface area contributed by atoms with Gasteiger partial charge in [-0.2, -0.15) is 13.2 Å². The molecule has 174 valence electrons. The van der Waals surface area contributed by atoms with E-state index >= 15 is 0 Å². The van der Waals surface area contributed by atoms with Crippen molar-refractivity contribution in [1.82, 2.24) is 14.9 Å². The summed E-state index contributed by atoms with van der Waals surface area (Å²) in [5.41, 5.74) is 2.43. The van der Waals surface area contributed by atoms with Gasteiger partial charge in [0, 0.05) is 53.2 Å². The van der Waals surface area contributed by atoms with E-state index in [0.717, 1.165) is 0 Å². The van der Waals surface area contributed by atoms with Crippen molar-refractivity contribution < 1.29 is 13.2 Å². The standard InChI is InChI=1S/C25H20ClF3N4O/c1-31-13-17-12-20(8-9-21(17)30)33-14-16-4-7-19(10-11-25(27,28)29)32-23(16)22(24(33)34)15-2-5-18(26)6-3-15/h2-9,12-14,30-31H,10-11H2,1H3/b17-13-,30-21?. The Kier molecular flexibility index (Phi) is 6.43. The lowest BCUT2D eigenvalue weighted by Gasteiger charge is -2.16. The summed E-state index contributed by atoms with van der Waals surface area (Å²) < 4.78 is 39.7. The lowest BCUT2D eigenvalue weighted by molar-refractivity contribution is -0.134. The summed E-state index contributed by atoms with van der Waals surface area (Å²) in [4.78, 5) is 18.1. The molecule has 0 saturated heterocycles. The molecule has 0 atom stereocenters. The molecular weight excluding hydrogens is 465 g/mol. The Morgan fingerprint density at radius 1 is 1.15 bits per heavy atom. The number of alkyl halides is 3. The van der Waals surface area contributed by atoms with Crippen LogP contribution in [0.25, 0.3) is 27.7 Å². The Hall–Kier alpha value is -3.65. The molecular formula is C25H20ClF3N4O. The van der Waals surface area contributed by atoms with E-state index in [4.69, 9.17) is 17.0 Å². The van der Waals surface area contributed by atoms with Gasteiger partial charge in [0.05, 0.1) is 16.8 Å². The van der Waals surface area contributed by atoms with Crippen LogP contribution in [0.1, 0.15) is 12.1 Å². The van der Waals surface area contributed by atoms with E-state index in [1.54, 1.807) is 74.1 Å². The predicted octanol–water partition coefficient (Wildman–Crippen LogP) is 5.75. The normalized spacial score (nSPS) is 15.1. The van der Waals surface area contributed by atoms with Gasteiger partial charge in [0.1, 0.15) is 0 Å². The molecule has 3 aromatic rings. The van der Waals surface area contributed by atoms with Gasteiger partial charge in [-0.1, -0.05) is 23.7 Å². The fraction of sp³-hybridized carbons (Fsp3) is 0.160. The van der Waals surface area contributed by atoms with E-state index in [9.17, 15) is 18.0 Å². The van der Waals surface area contributed by atoms with Crippen LogP contribution < -0.4 is 10.9 Å². The zero-order valence-electron chi connectivity index (χ0n) is 18.1. The minimum Gasteiger partial charge on any atom is -0.393 e. The van der Waals surface area contributed by atoms with Gasteiger partial charge in [-0.3, -0.25) is 14.3 Å². The Balaban J connectivity index is 1.94. The number of hydrogen-bond acceptors (Lipinski definition) is 4. The van der Waals surface area contributed by atoms with Crippen LogP contribution in [0.3, 0.4) is 0 Å². The average Bonchev–Trinajstić information content (AvgIpc) is 2.79. The molecule has 0 unspecified atom stereocenters. The fourth-order valence-electron chi connectivity index (χ4n) is 3.69. The molecule has 0 aliphatic heterocycles. The molecule has 0 saturated carbocycles. The summed E-state index contributed by atoms with van der Waals surface area (Å²) in [5.74, 6) is 0. The van der Waals surface area contributed by atoms with E-state index in [1.807, 2.05) is 0 Å². The molecule has 0 amide bonds. The van der Waals surface area contributed by atoms with Crippen LogP contribution in [0, 0.1) is 5.41 Å². The molecule has 1 aliphatic rings. The van der Waals surface area contributed by atoms with Crippen molar-refractivity contribution >= 4 is 33.9 Å². The van der Waals surface area contributed by atoms with Crippen molar-refractivity contribution in [3.05, 3.63) is 93.7 Å². The number of nitrogens with zero attached hydrogens (tertiary/aromatic N) is 2. The van der Waals surface area contributed by atoms with Crippen molar-refractivity contribution in [2.24, 2.45) is 0 Å². The maximum Gasteiger partial charge on any atom is 0.389 e. The van der Waals surface area contributed by atoms with Crippen molar-refractivity contribution in [3.63, 3.8) is 0 Å². The highest BCUT2D eigenvalue weighted by Gasteiger charge is 2.27. The van der Waals surface area contributed by atoms with Crippen LogP contribution >= 0.6 is 11.6 Å².